The highest BCUT2D eigenvalue weighted by atomic mass is 35.5. The number of rotatable bonds is 11. The second kappa shape index (κ2) is 13.5. The van der Waals surface area contributed by atoms with Crippen LogP contribution in [0.15, 0.2) is 71.8 Å². The summed E-state index contributed by atoms with van der Waals surface area (Å²) in [6, 6.07) is 15.0. The minimum absolute atomic E-state index is 0.0539. The summed E-state index contributed by atoms with van der Waals surface area (Å²) in [6.45, 7) is 0.814. The highest BCUT2D eigenvalue weighted by Gasteiger charge is 2.20. The molecular weight excluding hydrogens is 536 g/mol. The van der Waals surface area contributed by atoms with Gasteiger partial charge in [0, 0.05) is 43.0 Å². The largest absolute Gasteiger partial charge is 0.414 e. The standard InChI is InChI=1S/C25H25ClN4O7S/c1-36-14-13-28-25(33)37-22-10-7-19(16-29-22)24(32)30-38(34,35)21-4-2-3-17(15-21)11-12-27-23(31)18-5-8-20(26)9-6-18/h2-10,15-16H,11-14H2,1H3,(H,27,31)(H,28,33)(H,30,32). The van der Waals surface area contributed by atoms with Gasteiger partial charge < -0.3 is 20.1 Å². The van der Waals surface area contributed by atoms with E-state index in [-0.39, 0.29) is 35.3 Å². The minimum atomic E-state index is -4.19. The highest BCUT2D eigenvalue weighted by Crippen LogP contribution is 2.14. The van der Waals surface area contributed by atoms with E-state index in [4.69, 9.17) is 21.1 Å². The first-order chi connectivity index (χ1) is 18.2. The van der Waals surface area contributed by atoms with E-state index >= 15 is 0 Å². The van der Waals surface area contributed by atoms with Gasteiger partial charge in [-0.25, -0.2) is 22.9 Å². The Bertz CT molecular complexity index is 1380. The molecule has 0 atom stereocenters. The summed E-state index contributed by atoms with van der Waals surface area (Å²) in [7, 11) is -2.71. The molecule has 0 unspecified atom stereocenters. The van der Waals surface area contributed by atoms with Gasteiger partial charge in [-0.15, -0.1) is 0 Å². The fourth-order valence-corrected chi connectivity index (χ4v) is 4.26. The maximum absolute atomic E-state index is 12.8. The Kier molecular flexibility index (Phi) is 10.2. The van der Waals surface area contributed by atoms with E-state index < -0.39 is 22.0 Å². The van der Waals surface area contributed by atoms with Crippen molar-refractivity contribution in [2.45, 2.75) is 11.3 Å². The van der Waals surface area contributed by atoms with Crippen LogP contribution in [0, 0.1) is 0 Å². The molecule has 0 radical (unpaired) electrons. The molecule has 3 N–H and O–H groups in total. The van der Waals surface area contributed by atoms with E-state index in [2.05, 4.69) is 15.6 Å². The Morgan fingerprint density at radius 3 is 2.34 bits per heavy atom. The van der Waals surface area contributed by atoms with Crippen LogP contribution < -0.4 is 20.1 Å². The van der Waals surface area contributed by atoms with Gasteiger partial charge in [0.05, 0.1) is 17.1 Å². The zero-order valence-electron chi connectivity index (χ0n) is 20.3. The third-order valence-corrected chi connectivity index (χ3v) is 6.59. The number of sulfonamides is 1. The zero-order chi connectivity index (χ0) is 27.5. The Labute approximate surface area is 224 Å². The fourth-order valence-electron chi connectivity index (χ4n) is 3.09. The van der Waals surface area contributed by atoms with Gasteiger partial charge in [-0.2, -0.15) is 0 Å². The van der Waals surface area contributed by atoms with Crippen LogP contribution in [0.4, 0.5) is 4.79 Å². The van der Waals surface area contributed by atoms with Gasteiger partial charge in [-0.05, 0) is 54.4 Å². The van der Waals surface area contributed by atoms with Gasteiger partial charge in [0.25, 0.3) is 21.8 Å². The first kappa shape index (κ1) is 28.6. The van der Waals surface area contributed by atoms with Crippen molar-refractivity contribution in [2.24, 2.45) is 0 Å². The first-order valence-electron chi connectivity index (χ1n) is 11.3. The number of ether oxygens (including phenoxy) is 2. The molecule has 1 aromatic heterocycles. The third-order valence-electron chi connectivity index (χ3n) is 5.01. The molecule has 13 heteroatoms. The lowest BCUT2D eigenvalue weighted by molar-refractivity contribution is 0.0951. The number of pyridine rings is 1. The predicted octanol–water partition coefficient (Wildman–Crippen LogP) is 2.56. The quantitative estimate of drug-likeness (QED) is 0.302. The second-order valence-corrected chi connectivity index (χ2v) is 9.91. The molecule has 1 heterocycles. The molecule has 38 heavy (non-hydrogen) atoms. The van der Waals surface area contributed by atoms with E-state index in [0.29, 0.717) is 29.2 Å². The summed E-state index contributed by atoms with van der Waals surface area (Å²) in [4.78, 5) is 40.1. The topological polar surface area (TPSA) is 153 Å². The number of methoxy groups -OCH3 is 1. The van der Waals surface area contributed by atoms with E-state index in [1.165, 1.54) is 31.4 Å². The summed E-state index contributed by atoms with van der Waals surface area (Å²) in [5.41, 5.74) is 1.04. The maximum Gasteiger partial charge on any atom is 0.414 e. The molecule has 2 aromatic carbocycles. The number of hydrogen-bond acceptors (Lipinski definition) is 8. The van der Waals surface area contributed by atoms with Crippen molar-refractivity contribution in [3.63, 3.8) is 0 Å². The van der Waals surface area contributed by atoms with Crippen LogP contribution >= 0.6 is 11.6 Å². The number of aromatic nitrogens is 1. The van der Waals surface area contributed by atoms with Crippen LogP contribution in [-0.4, -0.2) is 58.1 Å². The lowest BCUT2D eigenvalue weighted by atomic mass is 10.1. The van der Waals surface area contributed by atoms with Gasteiger partial charge in [0.1, 0.15) is 0 Å². The summed E-state index contributed by atoms with van der Waals surface area (Å²) >= 11 is 5.83. The average molecular weight is 561 g/mol. The van der Waals surface area contributed by atoms with Gasteiger partial charge in [-0.3, -0.25) is 9.59 Å². The molecule has 0 fully saturated rings. The molecule has 0 aliphatic heterocycles. The molecular formula is C25H25ClN4O7S. The molecule has 0 saturated carbocycles. The summed E-state index contributed by atoms with van der Waals surface area (Å²) in [5, 5.41) is 5.72. The van der Waals surface area contributed by atoms with Gasteiger partial charge in [0.15, 0.2) is 0 Å². The number of benzene rings is 2. The lowest BCUT2D eigenvalue weighted by Gasteiger charge is -2.10. The smallest absolute Gasteiger partial charge is 0.391 e. The second-order valence-electron chi connectivity index (χ2n) is 7.79. The van der Waals surface area contributed by atoms with Crippen molar-refractivity contribution >= 4 is 39.5 Å². The number of nitrogens with one attached hydrogen (secondary N) is 3. The molecule has 0 aliphatic carbocycles. The molecule has 200 valence electrons. The molecule has 3 aromatic rings. The molecule has 0 aliphatic rings. The van der Waals surface area contributed by atoms with Crippen LogP contribution in [0.3, 0.4) is 0 Å². The molecule has 3 rings (SSSR count). The van der Waals surface area contributed by atoms with Crippen molar-refractivity contribution < 1.29 is 32.3 Å². The maximum atomic E-state index is 12.8. The Hall–Kier alpha value is -4.00. The monoisotopic (exact) mass is 560 g/mol. The Morgan fingerprint density at radius 1 is 0.921 bits per heavy atom. The van der Waals surface area contributed by atoms with Gasteiger partial charge >= 0.3 is 6.09 Å². The summed E-state index contributed by atoms with van der Waals surface area (Å²) in [5.74, 6) is -1.26. The lowest BCUT2D eigenvalue weighted by Crippen LogP contribution is -2.31. The summed E-state index contributed by atoms with van der Waals surface area (Å²) in [6.07, 6.45) is 0.697. The number of hydrogen-bond donors (Lipinski definition) is 3. The van der Waals surface area contributed by atoms with Crippen molar-refractivity contribution in [2.75, 3.05) is 26.8 Å². The average Bonchev–Trinajstić information content (AvgIpc) is 2.89. The third kappa shape index (κ3) is 8.54. The van der Waals surface area contributed by atoms with E-state index in [0.717, 1.165) is 6.20 Å². The van der Waals surface area contributed by atoms with Crippen molar-refractivity contribution in [1.29, 1.82) is 0 Å². The first-order valence-corrected chi connectivity index (χ1v) is 13.1. The van der Waals surface area contributed by atoms with Gasteiger partial charge in [-0.1, -0.05) is 23.7 Å². The SMILES string of the molecule is COCCNC(=O)Oc1ccc(C(=O)NS(=O)(=O)c2cccc(CCNC(=O)c3ccc(Cl)cc3)c2)cn1. The molecule has 3 amide bonds. The minimum Gasteiger partial charge on any atom is -0.391 e. The predicted molar refractivity (Wildman–Crippen MR) is 139 cm³/mol. The van der Waals surface area contributed by atoms with Crippen LogP contribution in [0.1, 0.15) is 26.3 Å². The number of carbonyl (C=O) groups excluding carboxylic acids is 3. The van der Waals surface area contributed by atoms with E-state index in [1.807, 2.05) is 4.72 Å². The number of halogens is 1. The summed E-state index contributed by atoms with van der Waals surface area (Å²) < 4.78 is 37.3. The van der Waals surface area contributed by atoms with E-state index in [1.54, 1.807) is 36.4 Å². The van der Waals surface area contributed by atoms with Crippen molar-refractivity contribution in [3.05, 3.63) is 88.6 Å². The fraction of sp³-hybridized carbons (Fsp3) is 0.200. The zero-order valence-corrected chi connectivity index (χ0v) is 21.8. The van der Waals surface area contributed by atoms with Crippen LogP contribution in [0.25, 0.3) is 0 Å². The molecule has 0 saturated heterocycles. The highest BCUT2D eigenvalue weighted by molar-refractivity contribution is 7.90. The van der Waals surface area contributed by atoms with Crippen LogP contribution in [-0.2, 0) is 21.2 Å². The Morgan fingerprint density at radius 2 is 1.66 bits per heavy atom. The molecule has 11 nitrogen and oxygen atoms in total. The van der Waals surface area contributed by atoms with Crippen molar-refractivity contribution in [1.82, 2.24) is 20.3 Å². The van der Waals surface area contributed by atoms with Gasteiger partial charge in [0.2, 0.25) is 5.88 Å². The Balaban J connectivity index is 1.55. The van der Waals surface area contributed by atoms with E-state index in [9.17, 15) is 22.8 Å². The van der Waals surface area contributed by atoms with Crippen molar-refractivity contribution in [3.8, 4) is 5.88 Å². The number of amides is 3. The van der Waals surface area contributed by atoms with Crippen LogP contribution in [0.2, 0.25) is 5.02 Å². The molecule has 0 spiro atoms. The molecule has 0 bridgehead atoms. The number of carbonyl (C=O) groups is 3. The normalized spacial score (nSPS) is 10.9. The number of nitrogens with zero attached hydrogens (tertiary/aromatic N) is 1. The van der Waals surface area contributed by atoms with Crippen LogP contribution in [0.5, 0.6) is 5.88 Å².